The third kappa shape index (κ3) is 6.00. The standard InChI is InChI=1S/C24H30F2N6O4/c1-31-12-21(22(14-31)35-17-2-3-18(25)19(26)10-17)30-24(33)36-32-7-4-15-11-27-23(29-20(15)13-32)28-16-5-8-34-9-6-16/h2-3,10-11,16,21-22H,4-9,12-14H2,1H3,(H,30,33)(H,27,28,29). The zero-order valence-corrected chi connectivity index (χ0v) is 20.1. The second-order valence-electron chi connectivity index (χ2n) is 9.39. The van der Waals surface area contributed by atoms with Gasteiger partial charge in [-0.2, -0.15) is 0 Å². The zero-order valence-electron chi connectivity index (χ0n) is 20.1. The monoisotopic (exact) mass is 504 g/mol. The summed E-state index contributed by atoms with van der Waals surface area (Å²) < 4.78 is 38.0. The average Bonchev–Trinajstić information content (AvgIpc) is 3.19. The summed E-state index contributed by atoms with van der Waals surface area (Å²) in [6, 6.07) is 3.28. The van der Waals surface area contributed by atoms with Crippen molar-refractivity contribution in [3.63, 3.8) is 0 Å². The SMILES string of the molecule is CN1CC(NC(=O)ON2CCc3cnc(NC4CCOCC4)nc3C2)C(Oc2ccc(F)c(F)c2)C1. The first kappa shape index (κ1) is 24.6. The topological polar surface area (TPSA) is 101 Å². The Balaban J connectivity index is 1.16. The molecule has 5 rings (SSSR count). The number of hydroxylamine groups is 2. The zero-order chi connectivity index (χ0) is 25.1. The normalized spacial score (nSPS) is 23.2. The van der Waals surface area contributed by atoms with Crippen molar-refractivity contribution in [1.82, 2.24) is 25.2 Å². The lowest BCUT2D eigenvalue weighted by atomic mass is 10.1. The number of amides is 1. The van der Waals surface area contributed by atoms with E-state index in [2.05, 4.69) is 20.6 Å². The van der Waals surface area contributed by atoms with Gasteiger partial charge in [-0.1, -0.05) is 0 Å². The third-order valence-corrected chi connectivity index (χ3v) is 6.61. The van der Waals surface area contributed by atoms with Crippen molar-refractivity contribution >= 4 is 12.0 Å². The molecule has 3 aliphatic rings. The Morgan fingerprint density at radius 3 is 2.83 bits per heavy atom. The van der Waals surface area contributed by atoms with Crippen LogP contribution in [0.15, 0.2) is 24.4 Å². The summed E-state index contributed by atoms with van der Waals surface area (Å²) in [6.07, 6.45) is 3.26. The Morgan fingerprint density at radius 1 is 1.19 bits per heavy atom. The molecule has 2 fully saturated rings. The van der Waals surface area contributed by atoms with Gasteiger partial charge >= 0.3 is 6.09 Å². The highest BCUT2D eigenvalue weighted by atomic mass is 19.2. The molecule has 0 aliphatic carbocycles. The fraction of sp³-hybridized carbons (Fsp3) is 0.542. The van der Waals surface area contributed by atoms with Gasteiger partial charge in [-0.25, -0.2) is 23.5 Å². The largest absolute Gasteiger partial charge is 0.487 e. The maximum absolute atomic E-state index is 13.6. The van der Waals surface area contributed by atoms with Crippen molar-refractivity contribution < 1.29 is 27.9 Å². The van der Waals surface area contributed by atoms with Crippen LogP contribution in [-0.4, -0.2) is 84.1 Å². The number of benzene rings is 1. The Morgan fingerprint density at radius 2 is 2.03 bits per heavy atom. The third-order valence-electron chi connectivity index (χ3n) is 6.61. The second-order valence-corrected chi connectivity index (χ2v) is 9.39. The van der Waals surface area contributed by atoms with Crippen LogP contribution in [0.1, 0.15) is 24.1 Å². The molecule has 0 bridgehead atoms. The quantitative estimate of drug-likeness (QED) is 0.613. The van der Waals surface area contributed by atoms with E-state index in [0.29, 0.717) is 38.5 Å². The highest BCUT2D eigenvalue weighted by Crippen LogP contribution is 2.22. The minimum absolute atomic E-state index is 0.201. The average molecular weight is 505 g/mol. The molecule has 0 radical (unpaired) electrons. The molecule has 0 saturated carbocycles. The predicted octanol–water partition coefficient (Wildman–Crippen LogP) is 2.11. The number of carbonyl (C=O) groups is 1. The summed E-state index contributed by atoms with van der Waals surface area (Å²) in [7, 11) is 1.89. The minimum atomic E-state index is -0.983. The van der Waals surface area contributed by atoms with Crippen molar-refractivity contribution in [3.8, 4) is 5.75 Å². The summed E-state index contributed by atoms with van der Waals surface area (Å²) in [4.78, 5) is 29.3. The number of hydrogen-bond acceptors (Lipinski definition) is 9. The minimum Gasteiger partial charge on any atom is -0.487 e. The smallest absolute Gasteiger partial charge is 0.426 e. The van der Waals surface area contributed by atoms with Crippen LogP contribution in [0.25, 0.3) is 0 Å². The molecule has 1 amide bonds. The van der Waals surface area contributed by atoms with E-state index in [1.165, 1.54) is 6.07 Å². The van der Waals surface area contributed by atoms with Gasteiger partial charge in [0.15, 0.2) is 11.6 Å². The Hall–Kier alpha value is -3.09. The molecular weight excluding hydrogens is 474 g/mol. The second kappa shape index (κ2) is 10.9. The highest BCUT2D eigenvalue weighted by Gasteiger charge is 2.35. The number of fused-ring (bicyclic) bond motifs is 1. The van der Waals surface area contributed by atoms with Crippen LogP contribution in [0, 0.1) is 11.6 Å². The number of hydrogen-bond donors (Lipinski definition) is 2. The van der Waals surface area contributed by atoms with E-state index in [9.17, 15) is 13.6 Å². The molecule has 0 spiro atoms. The number of rotatable bonds is 6. The van der Waals surface area contributed by atoms with E-state index in [1.54, 1.807) is 5.06 Å². The number of carbonyl (C=O) groups excluding carboxylic acids is 1. The van der Waals surface area contributed by atoms with Crippen LogP contribution < -0.4 is 15.4 Å². The fourth-order valence-corrected chi connectivity index (χ4v) is 4.69. The van der Waals surface area contributed by atoms with E-state index in [1.807, 2.05) is 18.1 Å². The van der Waals surface area contributed by atoms with Crippen LogP contribution in [0.5, 0.6) is 5.75 Å². The maximum Gasteiger partial charge on any atom is 0.426 e. The number of nitrogens with zero attached hydrogens (tertiary/aromatic N) is 4. The van der Waals surface area contributed by atoms with Gasteiger partial charge in [-0.15, -0.1) is 5.06 Å². The maximum atomic E-state index is 13.6. The van der Waals surface area contributed by atoms with Crippen molar-refractivity contribution in [2.24, 2.45) is 0 Å². The molecule has 2 saturated heterocycles. The molecule has 194 valence electrons. The Kier molecular flexibility index (Phi) is 7.44. The lowest BCUT2D eigenvalue weighted by molar-refractivity contribution is -0.113. The molecule has 1 aromatic heterocycles. The molecule has 10 nitrogen and oxygen atoms in total. The van der Waals surface area contributed by atoms with Crippen LogP contribution in [0.3, 0.4) is 0 Å². The van der Waals surface area contributed by atoms with E-state index < -0.39 is 23.8 Å². The molecule has 2 aromatic rings. The number of aromatic nitrogens is 2. The van der Waals surface area contributed by atoms with Gasteiger partial charge in [-0.05, 0) is 44.0 Å². The van der Waals surface area contributed by atoms with Gasteiger partial charge in [0.2, 0.25) is 5.95 Å². The van der Waals surface area contributed by atoms with Crippen molar-refractivity contribution in [2.45, 2.75) is 44.0 Å². The molecule has 12 heteroatoms. The van der Waals surface area contributed by atoms with Crippen LogP contribution >= 0.6 is 0 Å². The van der Waals surface area contributed by atoms with Crippen LogP contribution in [0.2, 0.25) is 0 Å². The first-order chi connectivity index (χ1) is 17.4. The van der Waals surface area contributed by atoms with Crippen LogP contribution in [-0.2, 0) is 22.5 Å². The highest BCUT2D eigenvalue weighted by molar-refractivity contribution is 5.67. The van der Waals surface area contributed by atoms with Gasteiger partial charge < -0.3 is 29.8 Å². The van der Waals surface area contributed by atoms with Gasteiger partial charge in [0, 0.05) is 51.2 Å². The molecule has 3 aliphatic heterocycles. The molecule has 2 unspecified atom stereocenters. The molecule has 2 atom stereocenters. The Labute approximate surface area is 207 Å². The lowest BCUT2D eigenvalue weighted by Crippen LogP contribution is -2.47. The van der Waals surface area contributed by atoms with Crippen molar-refractivity contribution in [2.75, 3.05) is 45.2 Å². The number of nitrogens with one attached hydrogen (secondary N) is 2. The molecular formula is C24H30F2N6O4. The molecule has 4 heterocycles. The van der Waals surface area contributed by atoms with E-state index >= 15 is 0 Å². The lowest BCUT2D eigenvalue weighted by Gasteiger charge is -2.28. The summed E-state index contributed by atoms with van der Waals surface area (Å²) >= 11 is 0. The number of anilines is 1. The summed E-state index contributed by atoms with van der Waals surface area (Å²) in [5.74, 6) is -1.16. The van der Waals surface area contributed by atoms with Gasteiger partial charge in [0.05, 0.1) is 18.3 Å². The first-order valence-corrected chi connectivity index (χ1v) is 12.2. The number of likely N-dealkylation sites (N-methyl/N-ethyl adjacent to an activating group) is 1. The van der Waals surface area contributed by atoms with E-state index in [0.717, 1.165) is 49.4 Å². The molecule has 36 heavy (non-hydrogen) atoms. The number of halogens is 2. The van der Waals surface area contributed by atoms with Crippen molar-refractivity contribution in [3.05, 3.63) is 47.3 Å². The molecule has 1 aromatic carbocycles. The van der Waals surface area contributed by atoms with E-state index in [4.69, 9.17) is 14.3 Å². The van der Waals surface area contributed by atoms with Gasteiger partial charge in [-0.3, -0.25) is 0 Å². The summed E-state index contributed by atoms with van der Waals surface area (Å²) in [5.41, 5.74) is 1.85. The Bertz CT molecular complexity index is 1090. The van der Waals surface area contributed by atoms with Crippen LogP contribution in [0.4, 0.5) is 19.5 Å². The first-order valence-electron chi connectivity index (χ1n) is 12.2. The van der Waals surface area contributed by atoms with E-state index in [-0.39, 0.29) is 17.8 Å². The molecule has 2 N–H and O–H groups in total. The van der Waals surface area contributed by atoms with Gasteiger partial charge in [0.1, 0.15) is 11.9 Å². The summed E-state index contributed by atoms with van der Waals surface area (Å²) in [6.45, 7) is 3.37. The number of likely N-dealkylation sites (tertiary alicyclic amines) is 1. The summed E-state index contributed by atoms with van der Waals surface area (Å²) in [5, 5.41) is 7.79. The fourth-order valence-electron chi connectivity index (χ4n) is 4.69. The van der Waals surface area contributed by atoms with Gasteiger partial charge in [0.25, 0.3) is 0 Å². The predicted molar refractivity (Wildman–Crippen MR) is 125 cm³/mol. The number of ether oxygens (including phenoxy) is 2. The van der Waals surface area contributed by atoms with Crippen molar-refractivity contribution in [1.29, 1.82) is 0 Å².